The number of carbonyl (C=O) groups is 1. The maximum atomic E-state index is 12.9. The molecule has 1 fully saturated rings. The van der Waals surface area contributed by atoms with E-state index in [1.165, 1.54) is 12.1 Å². The van der Waals surface area contributed by atoms with Gasteiger partial charge in [0.1, 0.15) is 17.0 Å². The van der Waals surface area contributed by atoms with Gasteiger partial charge in [0.2, 0.25) is 0 Å². The molecular weight excluding hydrogens is 322 g/mol. The molecule has 0 N–H and O–H groups in total. The number of aldehydes is 1. The van der Waals surface area contributed by atoms with Gasteiger partial charge in [-0.1, -0.05) is 49.4 Å². The van der Waals surface area contributed by atoms with Gasteiger partial charge in [0.25, 0.3) is 0 Å². The first kappa shape index (κ1) is 16.4. The third-order valence-corrected chi connectivity index (χ3v) is 6.98. The van der Waals surface area contributed by atoms with E-state index in [1.54, 1.807) is 18.2 Å². The summed E-state index contributed by atoms with van der Waals surface area (Å²) in [6.45, 7) is 2.03. The second kappa shape index (κ2) is 5.88. The lowest BCUT2D eigenvalue weighted by atomic mass is 10.0. The van der Waals surface area contributed by atoms with Crippen LogP contribution in [-0.2, 0) is 21.1 Å². The monoisotopic (exact) mass is 339 g/mol. The number of rotatable bonds is 5. The van der Waals surface area contributed by atoms with Crippen LogP contribution < -0.4 is 0 Å². The smallest absolute Gasteiger partial charge is 0.183 e. The molecule has 0 spiro atoms. The van der Waals surface area contributed by atoms with Crippen LogP contribution in [0.4, 0.5) is 0 Å². The lowest BCUT2D eigenvalue weighted by Crippen LogP contribution is -2.16. The van der Waals surface area contributed by atoms with Gasteiger partial charge < -0.3 is 4.79 Å². The van der Waals surface area contributed by atoms with Crippen LogP contribution in [-0.4, -0.2) is 20.0 Å². The highest BCUT2D eigenvalue weighted by Crippen LogP contribution is 2.62. The molecule has 122 valence electrons. The number of nitrogens with zero attached hydrogens (tertiary/aromatic N) is 1. The fourth-order valence-electron chi connectivity index (χ4n) is 3.28. The number of aryl methyl sites for hydroxylation is 1. The molecule has 3 atom stereocenters. The first-order valence-corrected chi connectivity index (χ1v) is 9.31. The summed E-state index contributed by atoms with van der Waals surface area (Å²) < 4.78 is 25.8. The molecule has 3 rings (SSSR count). The summed E-state index contributed by atoms with van der Waals surface area (Å²) in [6.07, 6.45) is 1.37. The zero-order chi connectivity index (χ0) is 17.4. The summed E-state index contributed by atoms with van der Waals surface area (Å²) in [4.78, 5) is 11.8. The van der Waals surface area contributed by atoms with Gasteiger partial charge in [0, 0.05) is 5.92 Å². The van der Waals surface area contributed by atoms with E-state index in [0.717, 1.165) is 12.0 Å². The molecule has 2 aromatic carbocycles. The van der Waals surface area contributed by atoms with Gasteiger partial charge in [0.15, 0.2) is 9.84 Å². The number of nitriles is 1. The molecule has 0 aliphatic heterocycles. The van der Waals surface area contributed by atoms with Gasteiger partial charge in [0.05, 0.1) is 11.0 Å². The number of hydrogen-bond acceptors (Lipinski definition) is 4. The van der Waals surface area contributed by atoms with E-state index in [9.17, 15) is 18.5 Å². The van der Waals surface area contributed by atoms with Crippen molar-refractivity contribution in [2.75, 3.05) is 0 Å². The minimum atomic E-state index is -3.76. The van der Waals surface area contributed by atoms with E-state index in [-0.39, 0.29) is 4.90 Å². The Morgan fingerprint density at radius 3 is 2.25 bits per heavy atom. The van der Waals surface area contributed by atoms with Gasteiger partial charge in [-0.25, -0.2) is 8.42 Å². The Morgan fingerprint density at radius 2 is 1.75 bits per heavy atom. The standard InChI is InChI=1S/C19H17NO3S/c1-2-14-8-10-15(11-9-14)17-18(19(17,12-20)13-21)24(22,23)16-6-4-3-5-7-16/h3-11,13,17-18H,2H2,1H3. The fraction of sp³-hybridized carbons (Fsp3) is 0.263. The van der Waals surface area contributed by atoms with Gasteiger partial charge in [-0.3, -0.25) is 0 Å². The fourth-order valence-corrected chi connectivity index (χ4v) is 5.54. The highest BCUT2D eigenvalue weighted by molar-refractivity contribution is 7.92. The van der Waals surface area contributed by atoms with Crippen LogP contribution in [0.15, 0.2) is 59.5 Å². The van der Waals surface area contributed by atoms with Crippen molar-refractivity contribution in [1.82, 2.24) is 0 Å². The Bertz CT molecular complexity index is 898. The molecule has 0 aromatic heterocycles. The average molecular weight is 339 g/mol. The maximum absolute atomic E-state index is 12.9. The van der Waals surface area contributed by atoms with Crippen LogP contribution in [0.5, 0.6) is 0 Å². The summed E-state index contributed by atoms with van der Waals surface area (Å²) in [5.74, 6) is -0.629. The van der Waals surface area contributed by atoms with E-state index in [0.29, 0.717) is 11.8 Å². The van der Waals surface area contributed by atoms with Crippen LogP contribution in [0.25, 0.3) is 0 Å². The minimum Gasteiger partial charge on any atom is -0.302 e. The van der Waals surface area contributed by atoms with Gasteiger partial charge in [-0.05, 0) is 29.7 Å². The first-order chi connectivity index (χ1) is 11.5. The van der Waals surface area contributed by atoms with Crippen molar-refractivity contribution < 1.29 is 13.2 Å². The predicted molar refractivity (Wildman–Crippen MR) is 90.1 cm³/mol. The second-order valence-electron chi connectivity index (χ2n) is 6.01. The zero-order valence-corrected chi connectivity index (χ0v) is 14.0. The molecule has 0 saturated heterocycles. The highest BCUT2D eigenvalue weighted by atomic mass is 32.2. The summed E-state index contributed by atoms with van der Waals surface area (Å²) in [5, 5.41) is 8.48. The van der Waals surface area contributed by atoms with Crippen LogP contribution in [0.1, 0.15) is 24.0 Å². The molecule has 4 nitrogen and oxygen atoms in total. The lowest BCUT2D eigenvalue weighted by Gasteiger charge is -2.04. The molecule has 3 unspecified atom stereocenters. The van der Waals surface area contributed by atoms with Crippen molar-refractivity contribution in [1.29, 1.82) is 5.26 Å². The minimum absolute atomic E-state index is 0.143. The Balaban J connectivity index is 2.06. The molecular formula is C19H17NO3S. The Morgan fingerprint density at radius 1 is 1.12 bits per heavy atom. The van der Waals surface area contributed by atoms with Crippen molar-refractivity contribution in [3.8, 4) is 6.07 Å². The molecule has 0 radical (unpaired) electrons. The molecule has 0 heterocycles. The summed E-state index contributed by atoms with van der Waals surface area (Å²) in [7, 11) is -3.76. The van der Waals surface area contributed by atoms with Gasteiger partial charge >= 0.3 is 0 Å². The number of hydrogen-bond donors (Lipinski definition) is 0. The average Bonchev–Trinajstić information content (AvgIpc) is 3.33. The molecule has 1 aliphatic rings. The highest BCUT2D eigenvalue weighted by Gasteiger charge is 2.72. The Hall–Kier alpha value is -2.45. The molecule has 24 heavy (non-hydrogen) atoms. The van der Waals surface area contributed by atoms with Crippen molar-refractivity contribution in [2.24, 2.45) is 5.41 Å². The number of benzene rings is 2. The van der Waals surface area contributed by atoms with Gasteiger partial charge in [-0.15, -0.1) is 0 Å². The van der Waals surface area contributed by atoms with Crippen molar-refractivity contribution in [3.63, 3.8) is 0 Å². The Labute approximate surface area is 141 Å². The van der Waals surface area contributed by atoms with Crippen LogP contribution in [0.3, 0.4) is 0 Å². The van der Waals surface area contributed by atoms with Crippen LogP contribution in [0, 0.1) is 16.7 Å². The Kier molecular flexibility index (Phi) is 4.02. The SMILES string of the molecule is CCc1ccc(C2C(S(=O)(=O)c3ccccc3)C2(C#N)C=O)cc1. The normalized spacial score (nSPS) is 25.7. The van der Waals surface area contributed by atoms with Crippen molar-refractivity contribution in [3.05, 3.63) is 65.7 Å². The zero-order valence-electron chi connectivity index (χ0n) is 13.2. The topological polar surface area (TPSA) is 75.0 Å². The van der Waals surface area contributed by atoms with Crippen molar-refractivity contribution in [2.45, 2.75) is 29.4 Å². The maximum Gasteiger partial charge on any atom is 0.183 e. The number of carbonyl (C=O) groups excluding carboxylic acids is 1. The third-order valence-electron chi connectivity index (χ3n) is 4.72. The quantitative estimate of drug-likeness (QED) is 0.785. The van der Waals surface area contributed by atoms with E-state index in [2.05, 4.69) is 0 Å². The first-order valence-electron chi connectivity index (χ1n) is 7.76. The largest absolute Gasteiger partial charge is 0.302 e. The summed E-state index contributed by atoms with van der Waals surface area (Å²) in [5.41, 5.74) is 0.323. The number of sulfone groups is 1. The molecule has 1 saturated carbocycles. The van der Waals surface area contributed by atoms with E-state index in [4.69, 9.17) is 0 Å². The van der Waals surface area contributed by atoms with E-state index in [1.807, 2.05) is 37.3 Å². The van der Waals surface area contributed by atoms with Crippen molar-refractivity contribution >= 4 is 16.1 Å². The molecule has 1 aliphatic carbocycles. The predicted octanol–water partition coefficient (Wildman–Crippen LogP) is 2.90. The lowest BCUT2D eigenvalue weighted by molar-refractivity contribution is -0.110. The van der Waals surface area contributed by atoms with Gasteiger partial charge in [-0.2, -0.15) is 5.26 Å². The summed E-state index contributed by atoms with van der Waals surface area (Å²) in [6, 6.07) is 17.4. The second-order valence-corrected chi connectivity index (χ2v) is 8.08. The molecule has 5 heteroatoms. The van der Waals surface area contributed by atoms with E-state index < -0.39 is 26.4 Å². The molecule has 0 amide bonds. The molecule has 0 bridgehead atoms. The van der Waals surface area contributed by atoms with E-state index >= 15 is 0 Å². The summed E-state index contributed by atoms with van der Waals surface area (Å²) >= 11 is 0. The third kappa shape index (κ3) is 2.35. The molecule has 2 aromatic rings. The van der Waals surface area contributed by atoms with Crippen LogP contribution >= 0.6 is 0 Å². The van der Waals surface area contributed by atoms with Crippen LogP contribution in [0.2, 0.25) is 0 Å².